The summed E-state index contributed by atoms with van der Waals surface area (Å²) >= 11 is 0. The number of carbonyl (C=O) groups is 1. The summed E-state index contributed by atoms with van der Waals surface area (Å²) in [6, 6.07) is 8.58. The van der Waals surface area contributed by atoms with Gasteiger partial charge in [0.1, 0.15) is 5.69 Å². The molecule has 0 spiro atoms. The van der Waals surface area contributed by atoms with Crippen molar-refractivity contribution in [3.8, 4) is 0 Å². The number of benzene rings is 1. The van der Waals surface area contributed by atoms with Gasteiger partial charge < -0.3 is 10.1 Å². The Morgan fingerprint density at radius 3 is 2.95 bits per heavy atom. The number of hydrogen-bond donors (Lipinski definition) is 2. The standard InChI is InChI=1S/C17H20N2O2/c1-19-11-5-4-9-17(19,10-8-11)14-12-6-2-3-7-13(12)18-15(14)16(20)21/h2-3,6-7,11,18H,4-5,8-10H2,1H3,(H,20,21)/t11-,17+/m1/s1. The molecule has 1 aromatic heterocycles. The minimum Gasteiger partial charge on any atom is -0.477 e. The maximum Gasteiger partial charge on any atom is 0.352 e. The summed E-state index contributed by atoms with van der Waals surface area (Å²) in [4.78, 5) is 17.3. The van der Waals surface area contributed by atoms with Crippen molar-refractivity contribution in [1.82, 2.24) is 9.88 Å². The van der Waals surface area contributed by atoms with E-state index in [1.54, 1.807) is 0 Å². The molecule has 2 atom stereocenters. The van der Waals surface area contributed by atoms with Crippen molar-refractivity contribution in [2.45, 2.75) is 43.7 Å². The van der Waals surface area contributed by atoms with E-state index in [-0.39, 0.29) is 5.54 Å². The Morgan fingerprint density at radius 1 is 1.33 bits per heavy atom. The zero-order valence-corrected chi connectivity index (χ0v) is 12.2. The second-order valence-electron chi connectivity index (χ2n) is 6.45. The highest BCUT2D eigenvalue weighted by atomic mass is 16.4. The van der Waals surface area contributed by atoms with E-state index in [1.807, 2.05) is 18.2 Å². The number of aromatic nitrogens is 1. The number of para-hydroxylation sites is 1. The van der Waals surface area contributed by atoms with Crippen LogP contribution in [0.2, 0.25) is 0 Å². The second-order valence-corrected chi connectivity index (χ2v) is 6.45. The van der Waals surface area contributed by atoms with Crippen LogP contribution >= 0.6 is 0 Å². The molecule has 2 N–H and O–H groups in total. The average Bonchev–Trinajstić information content (AvgIpc) is 2.92. The van der Waals surface area contributed by atoms with Crippen LogP contribution in [0.25, 0.3) is 10.9 Å². The fraction of sp³-hybridized carbons (Fsp3) is 0.471. The van der Waals surface area contributed by atoms with Gasteiger partial charge in [0.05, 0.1) is 0 Å². The van der Waals surface area contributed by atoms with Crippen molar-refractivity contribution >= 4 is 16.9 Å². The number of rotatable bonds is 2. The van der Waals surface area contributed by atoms with Crippen molar-refractivity contribution in [3.63, 3.8) is 0 Å². The zero-order valence-electron chi connectivity index (χ0n) is 12.2. The Labute approximate surface area is 123 Å². The minimum absolute atomic E-state index is 0.101. The predicted molar refractivity (Wildman–Crippen MR) is 81.6 cm³/mol. The molecular formula is C17H20N2O2. The molecule has 0 amide bonds. The number of H-pyrrole nitrogens is 1. The summed E-state index contributed by atoms with van der Waals surface area (Å²) in [5.41, 5.74) is 2.22. The highest BCUT2D eigenvalue weighted by Gasteiger charge is 2.50. The first-order valence-electron chi connectivity index (χ1n) is 7.71. The highest BCUT2D eigenvalue weighted by Crippen LogP contribution is 2.52. The Morgan fingerprint density at radius 2 is 2.14 bits per heavy atom. The number of carboxylic acid groups (broad SMARTS) is 1. The molecule has 0 radical (unpaired) electrons. The van der Waals surface area contributed by atoms with E-state index >= 15 is 0 Å². The molecule has 110 valence electrons. The molecule has 0 saturated carbocycles. The van der Waals surface area contributed by atoms with E-state index < -0.39 is 5.97 Å². The lowest BCUT2D eigenvalue weighted by molar-refractivity contribution is 0.0647. The van der Waals surface area contributed by atoms with E-state index in [1.165, 1.54) is 19.3 Å². The summed E-state index contributed by atoms with van der Waals surface area (Å²) in [5, 5.41) is 10.7. The number of aromatic amines is 1. The van der Waals surface area contributed by atoms with E-state index in [4.69, 9.17) is 0 Å². The van der Waals surface area contributed by atoms with Gasteiger partial charge >= 0.3 is 5.97 Å². The average molecular weight is 284 g/mol. The van der Waals surface area contributed by atoms with E-state index in [0.717, 1.165) is 29.3 Å². The fourth-order valence-corrected chi connectivity index (χ4v) is 4.61. The van der Waals surface area contributed by atoms with Crippen LogP contribution < -0.4 is 0 Å². The summed E-state index contributed by atoms with van der Waals surface area (Å²) < 4.78 is 0. The third-order valence-electron chi connectivity index (χ3n) is 5.63. The molecule has 2 aliphatic heterocycles. The van der Waals surface area contributed by atoms with Gasteiger partial charge in [-0.15, -0.1) is 0 Å². The van der Waals surface area contributed by atoms with Gasteiger partial charge in [0, 0.05) is 28.0 Å². The number of hydrogen-bond acceptors (Lipinski definition) is 2. The van der Waals surface area contributed by atoms with Crippen LogP contribution in [0, 0.1) is 0 Å². The number of nitrogens with zero attached hydrogens (tertiary/aromatic N) is 1. The molecule has 4 heteroatoms. The molecule has 1 aromatic carbocycles. The SMILES string of the molecule is CN1[C@@H]2CCC[C@@]1(c1c(C(=O)O)[nH]c3ccccc13)CC2. The molecule has 2 bridgehead atoms. The first kappa shape index (κ1) is 12.9. The summed E-state index contributed by atoms with van der Waals surface area (Å²) in [6.45, 7) is 0. The van der Waals surface area contributed by atoms with Crippen molar-refractivity contribution in [3.05, 3.63) is 35.5 Å². The van der Waals surface area contributed by atoms with Gasteiger partial charge in [0.25, 0.3) is 0 Å². The van der Waals surface area contributed by atoms with Crippen LogP contribution in [0.4, 0.5) is 0 Å². The lowest BCUT2D eigenvalue weighted by Crippen LogP contribution is -2.46. The maximum atomic E-state index is 11.8. The molecule has 3 heterocycles. The topological polar surface area (TPSA) is 56.3 Å². The monoisotopic (exact) mass is 284 g/mol. The molecule has 4 rings (SSSR count). The van der Waals surface area contributed by atoms with Crippen molar-refractivity contribution in [1.29, 1.82) is 0 Å². The molecule has 4 nitrogen and oxygen atoms in total. The first-order chi connectivity index (χ1) is 10.1. The normalized spacial score (nSPS) is 29.1. The second kappa shape index (κ2) is 4.34. The van der Waals surface area contributed by atoms with Gasteiger partial charge in [-0.3, -0.25) is 4.90 Å². The van der Waals surface area contributed by atoms with E-state index in [2.05, 4.69) is 23.0 Å². The number of fused-ring (bicyclic) bond motifs is 3. The third kappa shape index (κ3) is 1.62. The van der Waals surface area contributed by atoms with Crippen LogP contribution in [0.5, 0.6) is 0 Å². The number of carboxylic acids is 1. The Hall–Kier alpha value is -1.81. The predicted octanol–water partition coefficient (Wildman–Crippen LogP) is 3.34. The van der Waals surface area contributed by atoms with Gasteiger partial charge in [-0.1, -0.05) is 18.2 Å². The number of aromatic carboxylic acids is 1. The molecular weight excluding hydrogens is 264 g/mol. The highest BCUT2D eigenvalue weighted by molar-refractivity contribution is 5.98. The van der Waals surface area contributed by atoms with Gasteiger partial charge in [0.2, 0.25) is 0 Å². The van der Waals surface area contributed by atoms with E-state index in [0.29, 0.717) is 11.7 Å². The van der Waals surface area contributed by atoms with Crippen molar-refractivity contribution in [2.24, 2.45) is 0 Å². The molecule has 0 aliphatic carbocycles. The van der Waals surface area contributed by atoms with Crippen molar-refractivity contribution in [2.75, 3.05) is 7.05 Å². The summed E-state index contributed by atoms with van der Waals surface area (Å²) in [5.74, 6) is -0.849. The van der Waals surface area contributed by atoms with Crippen LogP contribution in [-0.2, 0) is 5.54 Å². The third-order valence-corrected chi connectivity index (χ3v) is 5.63. The van der Waals surface area contributed by atoms with Gasteiger partial charge in [-0.25, -0.2) is 4.79 Å². The lowest BCUT2D eigenvalue weighted by Gasteiger charge is -2.43. The van der Waals surface area contributed by atoms with Crippen LogP contribution in [-0.4, -0.2) is 34.0 Å². The lowest BCUT2D eigenvalue weighted by atomic mass is 9.80. The molecule has 0 unspecified atom stereocenters. The van der Waals surface area contributed by atoms with Crippen LogP contribution in [0.15, 0.2) is 24.3 Å². The Kier molecular flexibility index (Phi) is 2.67. The number of piperidine rings is 1. The quantitative estimate of drug-likeness (QED) is 0.889. The van der Waals surface area contributed by atoms with Crippen molar-refractivity contribution < 1.29 is 9.90 Å². The van der Waals surface area contributed by atoms with Gasteiger partial charge in [0.15, 0.2) is 0 Å². The molecule has 2 saturated heterocycles. The largest absolute Gasteiger partial charge is 0.477 e. The van der Waals surface area contributed by atoms with E-state index in [9.17, 15) is 9.90 Å². The fourth-order valence-electron chi connectivity index (χ4n) is 4.61. The number of nitrogens with one attached hydrogen (secondary N) is 1. The molecule has 2 aliphatic rings. The minimum atomic E-state index is -0.849. The first-order valence-corrected chi connectivity index (χ1v) is 7.71. The van der Waals surface area contributed by atoms with Crippen LogP contribution in [0.3, 0.4) is 0 Å². The van der Waals surface area contributed by atoms with Crippen LogP contribution in [0.1, 0.15) is 48.2 Å². The van der Waals surface area contributed by atoms with Gasteiger partial charge in [-0.2, -0.15) is 0 Å². The molecule has 2 fully saturated rings. The smallest absolute Gasteiger partial charge is 0.352 e. The Bertz CT molecular complexity index is 717. The Balaban J connectivity index is 2.01. The maximum absolute atomic E-state index is 11.8. The molecule has 21 heavy (non-hydrogen) atoms. The van der Waals surface area contributed by atoms with Gasteiger partial charge in [-0.05, 0) is 45.2 Å². The molecule has 2 aromatic rings. The summed E-state index contributed by atoms with van der Waals surface area (Å²) in [7, 11) is 2.17. The summed E-state index contributed by atoms with van der Waals surface area (Å²) in [6.07, 6.45) is 5.73. The zero-order chi connectivity index (χ0) is 14.6.